The van der Waals surface area contributed by atoms with Crippen molar-refractivity contribution in [1.29, 1.82) is 0 Å². The fraction of sp³-hybridized carbons (Fsp3) is 0.462. The zero-order valence-electron chi connectivity index (χ0n) is 9.70. The van der Waals surface area contributed by atoms with Crippen molar-refractivity contribution < 1.29 is 9.53 Å². The number of carbonyl (C=O) groups is 1. The normalized spacial score (nSPS) is 12.2. The molecule has 2 nitrogen and oxygen atoms in total. The highest BCUT2D eigenvalue weighted by molar-refractivity contribution is 9.10. The van der Waals surface area contributed by atoms with Crippen molar-refractivity contribution in [3.8, 4) is 5.75 Å². The van der Waals surface area contributed by atoms with E-state index in [0.717, 1.165) is 17.7 Å². The lowest BCUT2D eigenvalue weighted by Crippen LogP contribution is -2.15. The van der Waals surface area contributed by atoms with Crippen LogP contribution in [0.5, 0.6) is 5.75 Å². The summed E-state index contributed by atoms with van der Waals surface area (Å²) in [6.07, 6.45) is 1.31. The van der Waals surface area contributed by atoms with Crippen LogP contribution < -0.4 is 4.74 Å². The standard InChI is InChI=1S/C13H17BrO2/c1-3-13(15)12(14)9-10-5-7-11(8-6-10)16-4-2/h5-8,12H,3-4,9H2,1-2H3. The van der Waals surface area contributed by atoms with Gasteiger partial charge in [-0.3, -0.25) is 4.79 Å². The van der Waals surface area contributed by atoms with Gasteiger partial charge in [-0.2, -0.15) is 0 Å². The number of benzene rings is 1. The molecule has 0 aliphatic carbocycles. The van der Waals surface area contributed by atoms with Crippen LogP contribution in [-0.2, 0) is 11.2 Å². The molecule has 0 aliphatic rings. The third kappa shape index (κ3) is 3.97. The van der Waals surface area contributed by atoms with Crippen LogP contribution >= 0.6 is 15.9 Å². The minimum atomic E-state index is -0.0737. The lowest BCUT2D eigenvalue weighted by Gasteiger charge is -2.08. The van der Waals surface area contributed by atoms with Crippen LogP contribution in [0, 0.1) is 0 Å². The topological polar surface area (TPSA) is 26.3 Å². The molecule has 1 unspecified atom stereocenters. The first-order valence-electron chi connectivity index (χ1n) is 5.55. The molecule has 0 aliphatic heterocycles. The van der Waals surface area contributed by atoms with Crippen LogP contribution in [0.15, 0.2) is 24.3 Å². The van der Waals surface area contributed by atoms with Gasteiger partial charge in [-0.15, -0.1) is 0 Å². The fourth-order valence-corrected chi connectivity index (χ4v) is 2.13. The van der Waals surface area contributed by atoms with Gasteiger partial charge in [0.25, 0.3) is 0 Å². The Morgan fingerprint density at radius 2 is 1.94 bits per heavy atom. The van der Waals surface area contributed by atoms with Gasteiger partial charge in [-0.25, -0.2) is 0 Å². The van der Waals surface area contributed by atoms with Crippen molar-refractivity contribution >= 4 is 21.7 Å². The molecule has 0 aromatic heterocycles. The Morgan fingerprint density at radius 1 is 1.31 bits per heavy atom. The number of rotatable bonds is 6. The minimum Gasteiger partial charge on any atom is -0.494 e. The molecular weight excluding hydrogens is 268 g/mol. The highest BCUT2D eigenvalue weighted by atomic mass is 79.9. The number of Topliss-reactive ketones (excluding diaryl/α,β-unsaturated/α-hetero) is 1. The summed E-state index contributed by atoms with van der Waals surface area (Å²) in [5.74, 6) is 1.12. The maximum atomic E-state index is 11.4. The van der Waals surface area contributed by atoms with E-state index in [1.807, 2.05) is 38.1 Å². The molecule has 0 amide bonds. The van der Waals surface area contributed by atoms with E-state index >= 15 is 0 Å². The molecule has 16 heavy (non-hydrogen) atoms. The second-order valence-corrected chi connectivity index (χ2v) is 4.67. The van der Waals surface area contributed by atoms with Crippen LogP contribution in [0.3, 0.4) is 0 Å². The van der Waals surface area contributed by atoms with Gasteiger partial charge >= 0.3 is 0 Å². The van der Waals surface area contributed by atoms with E-state index in [-0.39, 0.29) is 10.6 Å². The van der Waals surface area contributed by atoms with Crippen LogP contribution in [-0.4, -0.2) is 17.2 Å². The molecular formula is C13H17BrO2. The van der Waals surface area contributed by atoms with Crippen LogP contribution in [0.2, 0.25) is 0 Å². The van der Waals surface area contributed by atoms with E-state index in [1.165, 1.54) is 0 Å². The smallest absolute Gasteiger partial charge is 0.146 e. The molecule has 1 atom stereocenters. The van der Waals surface area contributed by atoms with E-state index < -0.39 is 0 Å². The van der Waals surface area contributed by atoms with Crippen molar-refractivity contribution in [3.05, 3.63) is 29.8 Å². The summed E-state index contributed by atoms with van der Waals surface area (Å²) in [5, 5.41) is 0. The summed E-state index contributed by atoms with van der Waals surface area (Å²) in [4.78, 5) is 11.3. The molecule has 0 saturated heterocycles. The van der Waals surface area contributed by atoms with Crippen LogP contribution in [0.25, 0.3) is 0 Å². The maximum Gasteiger partial charge on any atom is 0.146 e. The highest BCUT2D eigenvalue weighted by Gasteiger charge is 2.12. The Labute approximate surface area is 105 Å². The molecule has 1 aromatic rings. The zero-order valence-corrected chi connectivity index (χ0v) is 11.3. The van der Waals surface area contributed by atoms with Gasteiger partial charge in [0.15, 0.2) is 0 Å². The van der Waals surface area contributed by atoms with E-state index in [0.29, 0.717) is 13.0 Å². The fourth-order valence-electron chi connectivity index (χ4n) is 1.43. The van der Waals surface area contributed by atoms with Crippen molar-refractivity contribution in [2.24, 2.45) is 0 Å². The van der Waals surface area contributed by atoms with Crippen molar-refractivity contribution in [1.82, 2.24) is 0 Å². The summed E-state index contributed by atoms with van der Waals surface area (Å²) >= 11 is 3.41. The second-order valence-electron chi connectivity index (χ2n) is 3.57. The van der Waals surface area contributed by atoms with Gasteiger partial charge in [0.05, 0.1) is 11.4 Å². The van der Waals surface area contributed by atoms with Crippen molar-refractivity contribution in [2.45, 2.75) is 31.5 Å². The number of halogens is 1. The molecule has 0 heterocycles. The summed E-state index contributed by atoms with van der Waals surface area (Å²) < 4.78 is 5.36. The van der Waals surface area contributed by atoms with Crippen LogP contribution in [0.1, 0.15) is 25.8 Å². The average molecular weight is 285 g/mol. The largest absolute Gasteiger partial charge is 0.494 e. The summed E-state index contributed by atoms with van der Waals surface area (Å²) in [6, 6.07) is 7.88. The van der Waals surface area contributed by atoms with Crippen LogP contribution in [0.4, 0.5) is 0 Å². The molecule has 1 rings (SSSR count). The Kier molecular flexibility index (Phi) is 5.53. The first-order valence-corrected chi connectivity index (χ1v) is 6.47. The lowest BCUT2D eigenvalue weighted by atomic mass is 10.1. The lowest BCUT2D eigenvalue weighted by molar-refractivity contribution is -0.118. The number of alkyl halides is 1. The number of carbonyl (C=O) groups excluding carboxylic acids is 1. The maximum absolute atomic E-state index is 11.4. The van der Waals surface area contributed by atoms with E-state index in [2.05, 4.69) is 15.9 Å². The molecule has 0 bridgehead atoms. The van der Waals surface area contributed by atoms with Gasteiger partial charge in [-0.05, 0) is 31.0 Å². The van der Waals surface area contributed by atoms with Gasteiger partial charge in [0.1, 0.15) is 11.5 Å². The second kappa shape index (κ2) is 6.69. The molecule has 3 heteroatoms. The average Bonchev–Trinajstić information content (AvgIpc) is 2.31. The molecule has 0 saturated carbocycles. The van der Waals surface area contributed by atoms with Gasteiger partial charge in [-0.1, -0.05) is 35.0 Å². The van der Waals surface area contributed by atoms with E-state index in [4.69, 9.17) is 4.74 Å². The molecule has 1 aromatic carbocycles. The summed E-state index contributed by atoms with van der Waals surface area (Å²) in [5.41, 5.74) is 1.15. The summed E-state index contributed by atoms with van der Waals surface area (Å²) in [7, 11) is 0. The monoisotopic (exact) mass is 284 g/mol. The van der Waals surface area contributed by atoms with Gasteiger partial charge in [0, 0.05) is 6.42 Å². The van der Waals surface area contributed by atoms with E-state index in [1.54, 1.807) is 0 Å². The molecule has 0 N–H and O–H groups in total. The van der Waals surface area contributed by atoms with E-state index in [9.17, 15) is 4.79 Å². The first-order chi connectivity index (χ1) is 7.67. The third-order valence-electron chi connectivity index (χ3n) is 2.35. The van der Waals surface area contributed by atoms with Crippen molar-refractivity contribution in [2.75, 3.05) is 6.61 Å². The third-order valence-corrected chi connectivity index (χ3v) is 3.18. The molecule has 0 radical (unpaired) electrons. The number of hydrogen-bond donors (Lipinski definition) is 0. The van der Waals surface area contributed by atoms with Gasteiger partial charge < -0.3 is 4.74 Å². The number of hydrogen-bond acceptors (Lipinski definition) is 2. The first kappa shape index (κ1) is 13.2. The predicted molar refractivity (Wildman–Crippen MR) is 69.3 cm³/mol. The zero-order chi connectivity index (χ0) is 12.0. The predicted octanol–water partition coefficient (Wildman–Crippen LogP) is 3.37. The Balaban J connectivity index is 2.58. The van der Waals surface area contributed by atoms with Gasteiger partial charge in [0.2, 0.25) is 0 Å². The Morgan fingerprint density at radius 3 is 2.44 bits per heavy atom. The Bertz CT molecular complexity index is 332. The Hall–Kier alpha value is -0.830. The SMILES string of the molecule is CCOc1ccc(CC(Br)C(=O)CC)cc1. The highest BCUT2D eigenvalue weighted by Crippen LogP contribution is 2.16. The molecule has 88 valence electrons. The molecule has 0 spiro atoms. The van der Waals surface area contributed by atoms with Crippen molar-refractivity contribution in [3.63, 3.8) is 0 Å². The number of ketones is 1. The summed E-state index contributed by atoms with van der Waals surface area (Å²) in [6.45, 7) is 4.52. The quantitative estimate of drug-likeness (QED) is 0.749. The number of ether oxygens (including phenoxy) is 1. The minimum absolute atomic E-state index is 0.0737. The molecule has 0 fully saturated rings.